The predicted octanol–water partition coefficient (Wildman–Crippen LogP) is 3.46. The topological polar surface area (TPSA) is 48.1 Å². The summed E-state index contributed by atoms with van der Waals surface area (Å²) in [4.78, 5) is 4.34. The van der Waals surface area contributed by atoms with E-state index in [9.17, 15) is 13.2 Å². The van der Waals surface area contributed by atoms with Crippen molar-refractivity contribution in [3.05, 3.63) is 45.9 Å². The van der Waals surface area contributed by atoms with Crippen LogP contribution in [-0.2, 0) is 12.8 Å². The molecule has 0 aliphatic heterocycles. The summed E-state index contributed by atoms with van der Waals surface area (Å²) in [7, 11) is 0. The lowest BCUT2D eigenvalue weighted by Crippen LogP contribution is -2.25. The maximum atomic E-state index is 12.0. The fourth-order valence-corrected chi connectivity index (χ4v) is 2.60. The van der Waals surface area contributed by atoms with Crippen LogP contribution in [0.4, 0.5) is 13.2 Å². The first-order chi connectivity index (χ1) is 9.82. The van der Waals surface area contributed by atoms with Crippen LogP contribution < -0.4 is 10.5 Å². The summed E-state index contributed by atoms with van der Waals surface area (Å²) in [5, 5.41) is 2.96. The van der Waals surface area contributed by atoms with Gasteiger partial charge in [0.25, 0.3) is 0 Å². The highest BCUT2D eigenvalue weighted by atomic mass is 32.1. The molecule has 0 radical (unpaired) electrons. The Balaban J connectivity index is 1.90. The molecule has 0 saturated carbocycles. The van der Waals surface area contributed by atoms with E-state index in [2.05, 4.69) is 9.72 Å². The molecule has 0 spiro atoms. The van der Waals surface area contributed by atoms with Gasteiger partial charge in [0.2, 0.25) is 0 Å². The van der Waals surface area contributed by atoms with Gasteiger partial charge in [-0.3, -0.25) is 0 Å². The first-order valence-corrected chi connectivity index (χ1v) is 7.21. The van der Waals surface area contributed by atoms with Crippen molar-refractivity contribution in [3.8, 4) is 5.75 Å². The SMILES string of the molecule is Cc1nc(CC(N)Cc2ccc(OC(F)(F)F)cc2)cs1. The van der Waals surface area contributed by atoms with E-state index in [0.717, 1.165) is 16.3 Å². The normalized spacial score (nSPS) is 13.2. The molecule has 2 rings (SSSR count). The number of rotatable bonds is 5. The molecule has 21 heavy (non-hydrogen) atoms. The van der Waals surface area contributed by atoms with E-state index in [4.69, 9.17) is 5.73 Å². The Hall–Kier alpha value is -1.60. The number of ether oxygens (including phenoxy) is 1. The molecule has 2 aromatic rings. The Bertz CT molecular complexity index is 581. The minimum Gasteiger partial charge on any atom is -0.406 e. The second kappa shape index (κ2) is 6.44. The van der Waals surface area contributed by atoms with Gasteiger partial charge in [0.05, 0.1) is 10.7 Å². The van der Waals surface area contributed by atoms with Crippen molar-refractivity contribution in [2.75, 3.05) is 0 Å². The van der Waals surface area contributed by atoms with Crippen LogP contribution in [0.1, 0.15) is 16.3 Å². The van der Waals surface area contributed by atoms with Crippen LogP contribution in [0.3, 0.4) is 0 Å². The Labute approximate surface area is 124 Å². The standard InChI is InChI=1S/C14H15F3N2OS/c1-9-19-12(8-21-9)7-11(18)6-10-2-4-13(5-3-10)20-14(15,16)17/h2-5,8,11H,6-7,18H2,1H3. The van der Waals surface area contributed by atoms with E-state index in [1.165, 1.54) is 12.1 Å². The van der Waals surface area contributed by atoms with Crippen molar-refractivity contribution in [1.82, 2.24) is 4.98 Å². The summed E-state index contributed by atoms with van der Waals surface area (Å²) in [5.41, 5.74) is 7.85. The Morgan fingerprint density at radius 3 is 2.43 bits per heavy atom. The number of nitrogens with two attached hydrogens (primary N) is 1. The molecular weight excluding hydrogens is 301 g/mol. The largest absolute Gasteiger partial charge is 0.573 e. The third kappa shape index (κ3) is 5.35. The van der Waals surface area contributed by atoms with Gasteiger partial charge in [-0.15, -0.1) is 24.5 Å². The van der Waals surface area contributed by atoms with Crippen LogP contribution in [-0.4, -0.2) is 17.4 Å². The smallest absolute Gasteiger partial charge is 0.406 e. The zero-order valence-corrected chi connectivity index (χ0v) is 12.2. The zero-order valence-electron chi connectivity index (χ0n) is 11.4. The highest BCUT2D eigenvalue weighted by Gasteiger charge is 2.30. The van der Waals surface area contributed by atoms with Crippen molar-refractivity contribution in [2.45, 2.75) is 32.2 Å². The number of alkyl halides is 3. The van der Waals surface area contributed by atoms with Crippen molar-refractivity contribution in [1.29, 1.82) is 0 Å². The minimum absolute atomic E-state index is 0.124. The van der Waals surface area contributed by atoms with E-state index in [-0.39, 0.29) is 11.8 Å². The van der Waals surface area contributed by atoms with E-state index in [0.29, 0.717) is 12.8 Å². The molecule has 1 aromatic heterocycles. The number of halogens is 3. The van der Waals surface area contributed by atoms with Crippen molar-refractivity contribution >= 4 is 11.3 Å². The van der Waals surface area contributed by atoms with Crippen LogP contribution in [0.2, 0.25) is 0 Å². The number of aromatic nitrogens is 1. The summed E-state index contributed by atoms with van der Waals surface area (Å²) in [6.07, 6.45) is -3.45. The molecular formula is C14H15F3N2OS. The lowest BCUT2D eigenvalue weighted by molar-refractivity contribution is -0.274. The second-order valence-corrected chi connectivity index (χ2v) is 5.78. The number of aryl methyl sites for hydroxylation is 1. The molecule has 1 unspecified atom stereocenters. The van der Waals surface area contributed by atoms with E-state index in [1.54, 1.807) is 23.5 Å². The van der Waals surface area contributed by atoms with Gasteiger partial charge in [-0.2, -0.15) is 0 Å². The first kappa shape index (κ1) is 15.8. The van der Waals surface area contributed by atoms with Crippen LogP contribution in [0, 0.1) is 6.92 Å². The fraction of sp³-hybridized carbons (Fsp3) is 0.357. The number of hydrogen-bond donors (Lipinski definition) is 1. The van der Waals surface area contributed by atoms with E-state index >= 15 is 0 Å². The number of hydrogen-bond acceptors (Lipinski definition) is 4. The lowest BCUT2D eigenvalue weighted by Gasteiger charge is -2.12. The molecule has 0 aliphatic rings. The summed E-state index contributed by atoms with van der Waals surface area (Å²) in [5.74, 6) is -0.227. The zero-order chi connectivity index (χ0) is 15.5. The summed E-state index contributed by atoms with van der Waals surface area (Å²) in [6, 6.07) is 5.65. The molecule has 0 amide bonds. The van der Waals surface area contributed by atoms with Gasteiger partial charge < -0.3 is 10.5 Å². The highest BCUT2D eigenvalue weighted by molar-refractivity contribution is 7.09. The van der Waals surface area contributed by atoms with Gasteiger partial charge in [0, 0.05) is 17.8 Å². The quantitative estimate of drug-likeness (QED) is 0.919. The van der Waals surface area contributed by atoms with Crippen LogP contribution >= 0.6 is 11.3 Å². The van der Waals surface area contributed by atoms with Gasteiger partial charge >= 0.3 is 6.36 Å². The lowest BCUT2D eigenvalue weighted by atomic mass is 10.0. The molecule has 7 heteroatoms. The number of nitrogens with zero attached hydrogens (tertiary/aromatic N) is 1. The summed E-state index contributed by atoms with van der Waals surface area (Å²) >= 11 is 1.57. The molecule has 1 heterocycles. The molecule has 2 N–H and O–H groups in total. The minimum atomic E-state index is -4.67. The van der Waals surface area contributed by atoms with E-state index in [1.807, 2.05) is 12.3 Å². The molecule has 0 fully saturated rings. The fourth-order valence-electron chi connectivity index (χ4n) is 1.97. The van der Waals surface area contributed by atoms with Gasteiger partial charge in [-0.25, -0.2) is 4.98 Å². The van der Waals surface area contributed by atoms with Crippen molar-refractivity contribution < 1.29 is 17.9 Å². The molecule has 1 atom stereocenters. The van der Waals surface area contributed by atoms with Crippen LogP contribution in [0.5, 0.6) is 5.75 Å². The van der Waals surface area contributed by atoms with Gasteiger partial charge in [-0.05, 0) is 31.0 Å². The molecule has 0 bridgehead atoms. The van der Waals surface area contributed by atoms with Crippen molar-refractivity contribution in [3.63, 3.8) is 0 Å². The van der Waals surface area contributed by atoms with E-state index < -0.39 is 6.36 Å². The van der Waals surface area contributed by atoms with Crippen LogP contribution in [0.25, 0.3) is 0 Å². The Morgan fingerprint density at radius 2 is 1.90 bits per heavy atom. The molecule has 114 valence electrons. The third-order valence-corrected chi connectivity index (χ3v) is 3.62. The number of benzene rings is 1. The molecule has 3 nitrogen and oxygen atoms in total. The average molecular weight is 316 g/mol. The Morgan fingerprint density at radius 1 is 1.24 bits per heavy atom. The monoisotopic (exact) mass is 316 g/mol. The van der Waals surface area contributed by atoms with Crippen LogP contribution in [0.15, 0.2) is 29.6 Å². The van der Waals surface area contributed by atoms with Gasteiger partial charge in [0.1, 0.15) is 5.75 Å². The second-order valence-electron chi connectivity index (χ2n) is 4.72. The average Bonchev–Trinajstić information content (AvgIpc) is 2.75. The van der Waals surface area contributed by atoms with Gasteiger partial charge in [0.15, 0.2) is 0 Å². The third-order valence-electron chi connectivity index (χ3n) is 2.79. The molecule has 1 aromatic carbocycles. The first-order valence-electron chi connectivity index (χ1n) is 6.33. The number of thiazole rings is 1. The maximum absolute atomic E-state index is 12.0. The maximum Gasteiger partial charge on any atom is 0.573 e. The summed E-state index contributed by atoms with van der Waals surface area (Å²) < 4.78 is 40.0. The van der Waals surface area contributed by atoms with Crippen molar-refractivity contribution in [2.24, 2.45) is 5.73 Å². The summed E-state index contributed by atoms with van der Waals surface area (Å²) in [6.45, 7) is 1.93. The Kier molecular flexibility index (Phi) is 4.84. The molecule has 0 aliphatic carbocycles. The molecule has 0 saturated heterocycles. The predicted molar refractivity (Wildman–Crippen MR) is 75.4 cm³/mol. The van der Waals surface area contributed by atoms with Gasteiger partial charge in [-0.1, -0.05) is 12.1 Å². The highest BCUT2D eigenvalue weighted by Crippen LogP contribution is 2.23.